The van der Waals surface area contributed by atoms with Gasteiger partial charge in [0, 0.05) is 19.4 Å². The quantitative estimate of drug-likeness (QED) is 0.681. The first-order chi connectivity index (χ1) is 6.27. The summed E-state index contributed by atoms with van der Waals surface area (Å²) in [5.74, 6) is 1.34. The van der Waals surface area contributed by atoms with Gasteiger partial charge in [0.05, 0.1) is 6.54 Å². The van der Waals surface area contributed by atoms with E-state index in [1.165, 1.54) is 0 Å². The smallest absolute Gasteiger partial charge is 0.200 e. The van der Waals surface area contributed by atoms with Gasteiger partial charge in [-0.2, -0.15) is 0 Å². The molecule has 13 heavy (non-hydrogen) atoms. The number of nitrogens with two attached hydrogens (primary N) is 1. The molecule has 2 aromatic heterocycles. The van der Waals surface area contributed by atoms with E-state index in [2.05, 4.69) is 15.2 Å². The van der Waals surface area contributed by atoms with Gasteiger partial charge in [-0.1, -0.05) is 0 Å². The van der Waals surface area contributed by atoms with Gasteiger partial charge in [-0.05, 0) is 0 Å². The SMILES string of the molecule is Cn1cnnc1Cn1ccnc1N. The summed E-state index contributed by atoms with van der Waals surface area (Å²) < 4.78 is 3.66. The van der Waals surface area contributed by atoms with E-state index >= 15 is 0 Å². The van der Waals surface area contributed by atoms with Gasteiger partial charge in [0.25, 0.3) is 0 Å². The summed E-state index contributed by atoms with van der Waals surface area (Å²) in [5, 5.41) is 7.71. The van der Waals surface area contributed by atoms with Crippen LogP contribution in [0.1, 0.15) is 5.82 Å². The van der Waals surface area contributed by atoms with Crippen molar-refractivity contribution in [2.45, 2.75) is 6.54 Å². The van der Waals surface area contributed by atoms with E-state index in [1.807, 2.05) is 22.4 Å². The lowest BCUT2D eigenvalue weighted by Crippen LogP contribution is -2.07. The molecule has 2 aromatic rings. The van der Waals surface area contributed by atoms with Crippen molar-refractivity contribution in [1.29, 1.82) is 0 Å². The summed E-state index contributed by atoms with van der Waals surface area (Å²) in [6, 6.07) is 0. The summed E-state index contributed by atoms with van der Waals surface area (Å²) in [6.07, 6.45) is 5.12. The second-order valence-corrected chi connectivity index (χ2v) is 2.77. The molecule has 0 aromatic carbocycles. The molecule has 2 rings (SSSR count). The van der Waals surface area contributed by atoms with Crippen molar-refractivity contribution in [1.82, 2.24) is 24.3 Å². The molecule has 0 atom stereocenters. The fourth-order valence-corrected chi connectivity index (χ4v) is 1.08. The Morgan fingerprint density at radius 2 is 2.38 bits per heavy atom. The highest BCUT2D eigenvalue weighted by molar-refractivity contribution is 5.17. The first kappa shape index (κ1) is 7.78. The number of hydrogen-bond acceptors (Lipinski definition) is 4. The maximum absolute atomic E-state index is 5.60. The Labute approximate surface area is 75.0 Å². The topological polar surface area (TPSA) is 74.5 Å². The average molecular weight is 178 g/mol. The van der Waals surface area contributed by atoms with Gasteiger partial charge in [0.15, 0.2) is 5.82 Å². The van der Waals surface area contributed by atoms with Crippen molar-refractivity contribution in [3.05, 3.63) is 24.5 Å². The fraction of sp³-hybridized carbons (Fsp3) is 0.286. The van der Waals surface area contributed by atoms with Crippen LogP contribution in [0.15, 0.2) is 18.7 Å². The molecule has 0 spiro atoms. The Morgan fingerprint density at radius 1 is 1.54 bits per heavy atom. The Morgan fingerprint density at radius 3 is 2.92 bits per heavy atom. The Hall–Kier alpha value is -1.85. The summed E-state index contributed by atoms with van der Waals surface area (Å²) in [5.41, 5.74) is 5.60. The zero-order valence-corrected chi connectivity index (χ0v) is 7.25. The van der Waals surface area contributed by atoms with Crippen LogP contribution in [-0.4, -0.2) is 24.3 Å². The molecule has 0 bridgehead atoms. The molecule has 2 heterocycles. The van der Waals surface area contributed by atoms with E-state index in [0.29, 0.717) is 12.5 Å². The number of imidazole rings is 1. The van der Waals surface area contributed by atoms with Crippen molar-refractivity contribution >= 4 is 5.95 Å². The number of anilines is 1. The molecule has 0 aliphatic carbocycles. The number of nitrogens with zero attached hydrogens (tertiary/aromatic N) is 5. The van der Waals surface area contributed by atoms with Gasteiger partial charge in [-0.15, -0.1) is 10.2 Å². The normalized spacial score (nSPS) is 10.5. The maximum atomic E-state index is 5.60. The molecule has 0 unspecified atom stereocenters. The molecule has 0 radical (unpaired) electrons. The van der Waals surface area contributed by atoms with E-state index in [4.69, 9.17) is 5.73 Å². The third-order valence-electron chi connectivity index (χ3n) is 1.86. The van der Waals surface area contributed by atoms with Crippen LogP contribution in [0.2, 0.25) is 0 Å². The zero-order valence-electron chi connectivity index (χ0n) is 7.25. The lowest BCUT2D eigenvalue weighted by atomic mass is 10.5. The molecule has 2 N–H and O–H groups in total. The third-order valence-corrected chi connectivity index (χ3v) is 1.86. The number of rotatable bonds is 2. The van der Waals surface area contributed by atoms with Crippen molar-refractivity contribution in [3.8, 4) is 0 Å². The van der Waals surface area contributed by atoms with E-state index in [-0.39, 0.29) is 0 Å². The Balaban J connectivity index is 2.24. The molecule has 0 aliphatic heterocycles. The summed E-state index contributed by atoms with van der Waals surface area (Å²) >= 11 is 0. The Bertz CT molecular complexity index is 362. The summed E-state index contributed by atoms with van der Waals surface area (Å²) in [6.45, 7) is 0.600. The minimum Gasteiger partial charge on any atom is -0.369 e. The lowest BCUT2D eigenvalue weighted by molar-refractivity contribution is 0.704. The second-order valence-electron chi connectivity index (χ2n) is 2.77. The van der Waals surface area contributed by atoms with Gasteiger partial charge in [0.2, 0.25) is 5.95 Å². The number of hydrogen-bond donors (Lipinski definition) is 1. The first-order valence-corrected chi connectivity index (χ1v) is 3.87. The van der Waals surface area contributed by atoms with Crippen molar-refractivity contribution in [2.75, 3.05) is 5.73 Å². The molecular weight excluding hydrogens is 168 g/mol. The van der Waals surface area contributed by atoms with Crippen molar-refractivity contribution < 1.29 is 0 Å². The largest absolute Gasteiger partial charge is 0.369 e. The number of nitrogen functional groups attached to an aromatic ring is 1. The predicted molar refractivity (Wildman–Crippen MR) is 46.7 cm³/mol. The third kappa shape index (κ3) is 1.37. The van der Waals surface area contributed by atoms with Crippen LogP contribution in [0.4, 0.5) is 5.95 Å². The predicted octanol–water partition coefficient (Wildman–Crippen LogP) is -0.358. The van der Waals surface area contributed by atoms with Gasteiger partial charge in [0.1, 0.15) is 6.33 Å². The second kappa shape index (κ2) is 2.89. The van der Waals surface area contributed by atoms with Crippen LogP contribution in [-0.2, 0) is 13.6 Å². The number of aromatic nitrogens is 5. The molecule has 0 fully saturated rings. The highest BCUT2D eigenvalue weighted by atomic mass is 15.3. The number of aryl methyl sites for hydroxylation is 1. The van der Waals surface area contributed by atoms with Gasteiger partial charge >= 0.3 is 0 Å². The standard InChI is InChI=1S/C7H10N6/c1-12-5-10-11-6(12)4-13-3-2-9-7(13)8/h2-3,5H,4H2,1H3,(H2,8,9). The van der Waals surface area contributed by atoms with Crippen LogP contribution in [0.25, 0.3) is 0 Å². The van der Waals surface area contributed by atoms with Crippen LogP contribution in [0.3, 0.4) is 0 Å². The molecule has 68 valence electrons. The van der Waals surface area contributed by atoms with E-state index < -0.39 is 0 Å². The molecule has 6 nitrogen and oxygen atoms in total. The van der Waals surface area contributed by atoms with Crippen molar-refractivity contribution in [3.63, 3.8) is 0 Å². The minimum atomic E-state index is 0.489. The first-order valence-electron chi connectivity index (χ1n) is 3.87. The van der Waals surface area contributed by atoms with E-state index in [0.717, 1.165) is 5.82 Å². The molecular formula is C7H10N6. The Kier molecular flexibility index (Phi) is 1.73. The highest BCUT2D eigenvalue weighted by Crippen LogP contribution is 2.02. The highest BCUT2D eigenvalue weighted by Gasteiger charge is 2.03. The molecule has 0 saturated carbocycles. The summed E-state index contributed by atoms with van der Waals surface area (Å²) in [7, 11) is 1.89. The monoisotopic (exact) mass is 178 g/mol. The van der Waals surface area contributed by atoms with Crippen LogP contribution >= 0.6 is 0 Å². The van der Waals surface area contributed by atoms with Gasteiger partial charge < -0.3 is 14.9 Å². The molecule has 0 amide bonds. The van der Waals surface area contributed by atoms with Crippen LogP contribution in [0.5, 0.6) is 0 Å². The maximum Gasteiger partial charge on any atom is 0.200 e. The van der Waals surface area contributed by atoms with Crippen molar-refractivity contribution in [2.24, 2.45) is 7.05 Å². The van der Waals surface area contributed by atoms with Crippen LogP contribution in [0, 0.1) is 0 Å². The lowest BCUT2D eigenvalue weighted by Gasteiger charge is -2.02. The molecule has 6 heteroatoms. The van der Waals surface area contributed by atoms with E-state index in [9.17, 15) is 0 Å². The van der Waals surface area contributed by atoms with Crippen LogP contribution < -0.4 is 5.73 Å². The average Bonchev–Trinajstić information content (AvgIpc) is 2.65. The molecule has 0 aliphatic rings. The van der Waals surface area contributed by atoms with Gasteiger partial charge in [-0.3, -0.25) is 0 Å². The molecule has 0 saturated heterocycles. The van der Waals surface area contributed by atoms with Gasteiger partial charge in [-0.25, -0.2) is 4.98 Å². The zero-order chi connectivity index (χ0) is 9.26. The van der Waals surface area contributed by atoms with E-state index in [1.54, 1.807) is 12.5 Å². The fourth-order valence-electron chi connectivity index (χ4n) is 1.08. The summed E-state index contributed by atoms with van der Waals surface area (Å²) in [4.78, 5) is 3.91. The minimum absolute atomic E-state index is 0.489.